The number of nitrogens with zero attached hydrogens (tertiary/aromatic N) is 2. The van der Waals surface area contributed by atoms with E-state index in [0.717, 1.165) is 22.6 Å². The quantitative estimate of drug-likeness (QED) is 0.925. The number of hydrogen-bond donors (Lipinski definition) is 1. The van der Waals surface area contributed by atoms with E-state index in [0.29, 0.717) is 17.4 Å². The predicted molar refractivity (Wildman–Crippen MR) is 71.7 cm³/mol. The zero-order chi connectivity index (χ0) is 13.1. The molecule has 0 amide bonds. The van der Waals surface area contributed by atoms with E-state index in [-0.39, 0.29) is 0 Å². The molecule has 2 rings (SSSR count). The van der Waals surface area contributed by atoms with Gasteiger partial charge in [0.2, 0.25) is 0 Å². The third-order valence-electron chi connectivity index (χ3n) is 2.64. The Balaban J connectivity index is 2.58. The van der Waals surface area contributed by atoms with Crippen LogP contribution in [0.4, 0.5) is 0 Å². The van der Waals surface area contributed by atoms with Gasteiger partial charge in [-0.1, -0.05) is 11.6 Å². The second-order valence-electron chi connectivity index (χ2n) is 3.86. The van der Waals surface area contributed by atoms with Crippen LogP contribution in [-0.4, -0.2) is 17.1 Å². The minimum atomic E-state index is 0.301. The van der Waals surface area contributed by atoms with Gasteiger partial charge in [-0.2, -0.15) is 0 Å². The van der Waals surface area contributed by atoms with Crippen molar-refractivity contribution in [1.29, 1.82) is 0 Å². The Morgan fingerprint density at radius 3 is 2.83 bits per heavy atom. The molecule has 4 nitrogen and oxygen atoms in total. The first-order valence-corrected chi connectivity index (χ1v) is 5.90. The van der Waals surface area contributed by atoms with Crippen molar-refractivity contribution in [3.05, 3.63) is 40.8 Å². The summed E-state index contributed by atoms with van der Waals surface area (Å²) in [6, 6.07) is 5.54. The molecule has 5 heteroatoms. The van der Waals surface area contributed by atoms with Gasteiger partial charge in [0.15, 0.2) is 0 Å². The Morgan fingerprint density at radius 2 is 2.17 bits per heavy atom. The summed E-state index contributed by atoms with van der Waals surface area (Å²) in [6.45, 7) is 2.23. The summed E-state index contributed by atoms with van der Waals surface area (Å²) >= 11 is 6.14. The minimum Gasteiger partial charge on any atom is -0.496 e. The molecule has 0 saturated heterocycles. The summed E-state index contributed by atoms with van der Waals surface area (Å²) in [4.78, 5) is 8.44. The van der Waals surface area contributed by atoms with Crippen LogP contribution in [0.25, 0.3) is 11.3 Å². The average molecular weight is 264 g/mol. The SMILES string of the molecule is COc1cc(C)c(Cl)cc1-c1ccnc(CN)n1. The van der Waals surface area contributed by atoms with Crippen LogP contribution < -0.4 is 10.5 Å². The molecule has 18 heavy (non-hydrogen) atoms. The molecule has 2 aromatic rings. The van der Waals surface area contributed by atoms with Crippen LogP contribution in [0.2, 0.25) is 5.02 Å². The first-order chi connectivity index (χ1) is 8.65. The van der Waals surface area contributed by atoms with Crippen LogP contribution in [0.1, 0.15) is 11.4 Å². The van der Waals surface area contributed by atoms with Crippen molar-refractivity contribution in [2.24, 2.45) is 5.73 Å². The lowest BCUT2D eigenvalue weighted by atomic mass is 10.1. The summed E-state index contributed by atoms with van der Waals surface area (Å²) in [5, 5.41) is 0.679. The Kier molecular flexibility index (Phi) is 3.79. The maximum Gasteiger partial charge on any atom is 0.142 e. The van der Waals surface area contributed by atoms with Crippen molar-refractivity contribution in [1.82, 2.24) is 9.97 Å². The van der Waals surface area contributed by atoms with Gasteiger partial charge >= 0.3 is 0 Å². The standard InChI is InChI=1S/C13H14ClN3O/c1-8-5-12(18-2)9(6-10(8)14)11-3-4-16-13(7-15)17-11/h3-6H,7,15H2,1-2H3. The third kappa shape index (κ3) is 2.44. The number of benzene rings is 1. The van der Waals surface area contributed by atoms with Gasteiger partial charge in [0.05, 0.1) is 19.3 Å². The first-order valence-electron chi connectivity index (χ1n) is 5.52. The van der Waals surface area contributed by atoms with Gasteiger partial charge in [0, 0.05) is 16.8 Å². The molecule has 1 aromatic heterocycles. The zero-order valence-corrected chi connectivity index (χ0v) is 11.0. The normalized spacial score (nSPS) is 10.4. The number of ether oxygens (including phenoxy) is 1. The van der Waals surface area contributed by atoms with Crippen molar-refractivity contribution in [3.63, 3.8) is 0 Å². The van der Waals surface area contributed by atoms with E-state index in [1.54, 1.807) is 13.3 Å². The van der Waals surface area contributed by atoms with E-state index >= 15 is 0 Å². The van der Waals surface area contributed by atoms with Gasteiger partial charge in [0.1, 0.15) is 11.6 Å². The number of methoxy groups -OCH3 is 1. The van der Waals surface area contributed by atoms with Gasteiger partial charge in [0.25, 0.3) is 0 Å². The smallest absolute Gasteiger partial charge is 0.142 e. The summed E-state index contributed by atoms with van der Waals surface area (Å²) in [5.41, 5.74) is 8.09. The molecule has 0 aliphatic rings. The van der Waals surface area contributed by atoms with E-state index in [2.05, 4.69) is 9.97 Å². The Morgan fingerprint density at radius 1 is 1.39 bits per heavy atom. The molecular formula is C13H14ClN3O. The number of nitrogens with two attached hydrogens (primary N) is 1. The lowest BCUT2D eigenvalue weighted by Crippen LogP contribution is -2.03. The number of hydrogen-bond acceptors (Lipinski definition) is 4. The number of halogens is 1. The van der Waals surface area contributed by atoms with Gasteiger partial charge < -0.3 is 10.5 Å². The maximum atomic E-state index is 6.14. The number of aryl methyl sites for hydroxylation is 1. The zero-order valence-electron chi connectivity index (χ0n) is 10.3. The highest BCUT2D eigenvalue weighted by Gasteiger charge is 2.11. The molecule has 0 aliphatic heterocycles. The molecule has 94 valence electrons. The number of rotatable bonds is 3. The first kappa shape index (κ1) is 12.8. The van der Waals surface area contributed by atoms with Gasteiger partial charge in [-0.05, 0) is 30.7 Å². The fourth-order valence-electron chi connectivity index (χ4n) is 1.67. The molecular weight excluding hydrogens is 250 g/mol. The van der Waals surface area contributed by atoms with Crippen molar-refractivity contribution < 1.29 is 4.74 Å². The molecule has 0 unspecified atom stereocenters. The van der Waals surface area contributed by atoms with E-state index < -0.39 is 0 Å². The molecule has 0 bridgehead atoms. The fourth-order valence-corrected chi connectivity index (χ4v) is 1.84. The predicted octanol–water partition coefficient (Wildman–Crippen LogP) is 2.57. The Bertz CT molecular complexity index is 572. The molecule has 1 aromatic carbocycles. The highest BCUT2D eigenvalue weighted by Crippen LogP contribution is 2.33. The molecule has 0 fully saturated rings. The molecule has 1 heterocycles. The second-order valence-corrected chi connectivity index (χ2v) is 4.27. The van der Waals surface area contributed by atoms with E-state index in [1.807, 2.05) is 25.1 Å². The van der Waals surface area contributed by atoms with Crippen LogP contribution in [0.5, 0.6) is 5.75 Å². The Labute approximate surface area is 111 Å². The third-order valence-corrected chi connectivity index (χ3v) is 3.05. The monoisotopic (exact) mass is 263 g/mol. The van der Waals surface area contributed by atoms with Crippen LogP contribution in [0.3, 0.4) is 0 Å². The highest BCUT2D eigenvalue weighted by atomic mass is 35.5. The molecule has 0 spiro atoms. The highest BCUT2D eigenvalue weighted by molar-refractivity contribution is 6.31. The van der Waals surface area contributed by atoms with Gasteiger partial charge in [-0.3, -0.25) is 0 Å². The van der Waals surface area contributed by atoms with Gasteiger partial charge in [-0.15, -0.1) is 0 Å². The van der Waals surface area contributed by atoms with Crippen molar-refractivity contribution in [3.8, 4) is 17.0 Å². The Hall–Kier alpha value is -1.65. The topological polar surface area (TPSA) is 61.0 Å². The fraction of sp³-hybridized carbons (Fsp3) is 0.231. The van der Waals surface area contributed by atoms with E-state index in [1.165, 1.54) is 0 Å². The number of aromatic nitrogens is 2. The minimum absolute atomic E-state index is 0.301. The average Bonchev–Trinajstić information content (AvgIpc) is 2.41. The molecule has 0 radical (unpaired) electrons. The summed E-state index contributed by atoms with van der Waals surface area (Å²) in [5.74, 6) is 1.32. The summed E-state index contributed by atoms with van der Waals surface area (Å²) in [7, 11) is 1.62. The lowest BCUT2D eigenvalue weighted by Gasteiger charge is -2.11. The van der Waals surface area contributed by atoms with Crippen LogP contribution >= 0.6 is 11.6 Å². The van der Waals surface area contributed by atoms with E-state index in [4.69, 9.17) is 22.1 Å². The van der Waals surface area contributed by atoms with Crippen molar-refractivity contribution in [2.45, 2.75) is 13.5 Å². The van der Waals surface area contributed by atoms with Crippen LogP contribution in [0, 0.1) is 6.92 Å². The second kappa shape index (κ2) is 5.33. The molecule has 2 N–H and O–H groups in total. The molecule has 0 aliphatic carbocycles. The molecule has 0 atom stereocenters. The van der Waals surface area contributed by atoms with Crippen molar-refractivity contribution >= 4 is 11.6 Å². The van der Waals surface area contributed by atoms with Crippen LogP contribution in [-0.2, 0) is 6.54 Å². The maximum absolute atomic E-state index is 6.14. The molecule has 0 saturated carbocycles. The summed E-state index contributed by atoms with van der Waals surface area (Å²) < 4.78 is 5.36. The van der Waals surface area contributed by atoms with Gasteiger partial charge in [-0.25, -0.2) is 9.97 Å². The lowest BCUT2D eigenvalue weighted by molar-refractivity contribution is 0.416. The van der Waals surface area contributed by atoms with E-state index in [9.17, 15) is 0 Å². The summed E-state index contributed by atoms with van der Waals surface area (Å²) in [6.07, 6.45) is 1.68. The largest absolute Gasteiger partial charge is 0.496 e. The van der Waals surface area contributed by atoms with Crippen molar-refractivity contribution in [2.75, 3.05) is 7.11 Å². The van der Waals surface area contributed by atoms with Crippen LogP contribution in [0.15, 0.2) is 24.4 Å².